The van der Waals surface area contributed by atoms with E-state index in [-0.39, 0.29) is 23.3 Å². The number of hydrogen-bond donors (Lipinski definition) is 3. The number of hydrogen-bond acceptors (Lipinski definition) is 5. The molecule has 4 aliphatic carbocycles. The van der Waals surface area contributed by atoms with Crippen molar-refractivity contribution in [3.63, 3.8) is 0 Å². The second kappa shape index (κ2) is 9.93. The van der Waals surface area contributed by atoms with Crippen LogP contribution in [-0.2, 0) is 24.2 Å². The molecule has 35 heavy (non-hydrogen) atoms. The molecule has 0 aliphatic heterocycles. The molecular weight excluding hydrogens is 470 g/mol. The molecular formula is C26H43NO7S. The van der Waals surface area contributed by atoms with Crippen LogP contribution in [0.2, 0.25) is 0 Å². The van der Waals surface area contributed by atoms with Crippen LogP contribution in [0.3, 0.4) is 0 Å². The number of rotatable bonds is 8. The van der Waals surface area contributed by atoms with Crippen LogP contribution in [0.15, 0.2) is 0 Å². The molecule has 8 nitrogen and oxygen atoms in total. The van der Waals surface area contributed by atoms with Gasteiger partial charge in [0.05, 0.1) is 6.10 Å². The fraction of sp³-hybridized carbons (Fsp3) is 0.923. The van der Waals surface area contributed by atoms with Crippen molar-refractivity contribution < 1.29 is 31.8 Å². The van der Waals surface area contributed by atoms with E-state index in [0.29, 0.717) is 54.8 Å². The van der Waals surface area contributed by atoms with Crippen molar-refractivity contribution in [2.24, 2.45) is 46.3 Å². The molecule has 0 aromatic heterocycles. The first-order chi connectivity index (χ1) is 16.3. The summed E-state index contributed by atoms with van der Waals surface area (Å²) in [6.45, 7) is 6.86. The molecule has 4 aliphatic rings. The second-order valence-electron chi connectivity index (χ2n) is 12.5. The molecule has 0 spiro atoms. The Morgan fingerprint density at radius 2 is 1.71 bits per heavy atom. The minimum Gasteiger partial charge on any atom is -0.480 e. The molecule has 200 valence electrons. The van der Waals surface area contributed by atoms with E-state index in [0.717, 1.165) is 19.3 Å². The number of nitrogens with one attached hydrogen (secondary N) is 1. The topological polar surface area (TPSA) is 130 Å². The number of carbonyl (C=O) groups is 2. The van der Waals surface area contributed by atoms with Crippen LogP contribution >= 0.6 is 0 Å². The zero-order chi connectivity index (χ0) is 25.6. The van der Waals surface area contributed by atoms with Gasteiger partial charge in [-0.3, -0.25) is 14.1 Å². The summed E-state index contributed by atoms with van der Waals surface area (Å²) in [6, 6.07) is 0. The van der Waals surface area contributed by atoms with Crippen molar-refractivity contribution in [1.82, 2.24) is 5.32 Å². The third kappa shape index (κ3) is 5.42. The quantitative estimate of drug-likeness (QED) is 0.409. The monoisotopic (exact) mass is 513 g/mol. The average molecular weight is 514 g/mol. The number of carboxylic acid groups (broad SMARTS) is 1. The molecule has 9 atom stereocenters. The van der Waals surface area contributed by atoms with Crippen LogP contribution in [0.4, 0.5) is 0 Å². The predicted molar refractivity (Wildman–Crippen MR) is 131 cm³/mol. The van der Waals surface area contributed by atoms with Crippen molar-refractivity contribution in [1.29, 1.82) is 0 Å². The van der Waals surface area contributed by atoms with E-state index in [9.17, 15) is 18.0 Å². The standard InChI is InChI=1S/C26H43NO7S/c1-16(4-9-23(28)27-15-24(29)30)20-7-8-21-19-6-5-17-14-18(34-35(31,32)33)10-12-25(17,2)22(19)11-13-26(20,21)3/h16-22H,4-15H2,1-3H3,(H,27,28)(H,29,30)(H,31,32,33)/t16-,17?,18-,19+,20-,21+,22+,25+,26-/m1/s1. The highest BCUT2D eigenvalue weighted by Crippen LogP contribution is 2.68. The number of carboxylic acids is 1. The van der Waals surface area contributed by atoms with Crippen molar-refractivity contribution in [2.75, 3.05) is 6.54 Å². The van der Waals surface area contributed by atoms with Crippen molar-refractivity contribution in [2.45, 2.75) is 97.5 Å². The van der Waals surface area contributed by atoms with Gasteiger partial charge in [-0.25, -0.2) is 4.18 Å². The van der Waals surface area contributed by atoms with Gasteiger partial charge in [-0.2, -0.15) is 8.42 Å². The smallest absolute Gasteiger partial charge is 0.397 e. The molecule has 0 saturated heterocycles. The first-order valence-electron chi connectivity index (χ1n) is 13.5. The lowest BCUT2D eigenvalue weighted by atomic mass is 9.44. The van der Waals surface area contributed by atoms with Gasteiger partial charge in [0.25, 0.3) is 0 Å². The summed E-state index contributed by atoms with van der Waals surface area (Å²) in [6.07, 6.45) is 10.2. The summed E-state index contributed by atoms with van der Waals surface area (Å²) in [5.74, 6) is 2.31. The maximum absolute atomic E-state index is 12.1. The molecule has 1 amide bonds. The second-order valence-corrected chi connectivity index (χ2v) is 13.5. The fourth-order valence-electron chi connectivity index (χ4n) is 9.28. The maximum atomic E-state index is 12.1. The van der Waals surface area contributed by atoms with Gasteiger partial charge in [0.1, 0.15) is 6.54 Å². The van der Waals surface area contributed by atoms with Gasteiger partial charge in [-0.15, -0.1) is 0 Å². The molecule has 0 heterocycles. The SMILES string of the molecule is C[C@H](CCC(=O)NCC(=O)O)[C@H]1CC[C@H]2[C@@H]3CCC4C[C@H](OS(=O)(=O)O)CC[C@]4(C)[C@H]3CC[C@]12C. The molecule has 9 heteroatoms. The van der Waals surface area contributed by atoms with Gasteiger partial charge in [-0.05, 0) is 111 Å². The van der Waals surface area contributed by atoms with Crippen molar-refractivity contribution in [3.8, 4) is 0 Å². The van der Waals surface area contributed by atoms with E-state index in [4.69, 9.17) is 13.8 Å². The van der Waals surface area contributed by atoms with E-state index < -0.39 is 22.5 Å². The zero-order valence-electron chi connectivity index (χ0n) is 21.4. The first-order valence-corrected chi connectivity index (χ1v) is 14.8. The summed E-state index contributed by atoms with van der Waals surface area (Å²) in [7, 11) is -4.41. The lowest BCUT2D eigenvalue weighted by Crippen LogP contribution is -2.54. The molecule has 3 N–H and O–H groups in total. The Bertz CT molecular complexity index is 923. The maximum Gasteiger partial charge on any atom is 0.397 e. The number of fused-ring (bicyclic) bond motifs is 5. The normalized spacial score (nSPS) is 41.8. The van der Waals surface area contributed by atoms with Crippen molar-refractivity contribution >= 4 is 22.3 Å². The molecule has 4 fully saturated rings. The number of carbonyl (C=O) groups excluding carboxylic acids is 1. The Morgan fingerprint density at radius 1 is 1.03 bits per heavy atom. The molecule has 4 saturated carbocycles. The molecule has 0 aromatic carbocycles. The highest BCUT2D eigenvalue weighted by molar-refractivity contribution is 7.80. The Hall–Kier alpha value is -1.19. The Labute approximate surface area is 209 Å². The van der Waals surface area contributed by atoms with Gasteiger partial charge in [-0.1, -0.05) is 20.8 Å². The summed E-state index contributed by atoms with van der Waals surface area (Å²) in [5.41, 5.74) is 0.488. The third-order valence-corrected chi connectivity index (χ3v) is 11.4. The highest BCUT2D eigenvalue weighted by atomic mass is 32.3. The fourth-order valence-corrected chi connectivity index (χ4v) is 9.79. The molecule has 0 radical (unpaired) electrons. The Kier molecular flexibility index (Phi) is 7.62. The van der Waals surface area contributed by atoms with Crippen LogP contribution in [0.25, 0.3) is 0 Å². The summed E-state index contributed by atoms with van der Waals surface area (Å²) in [4.78, 5) is 22.7. The van der Waals surface area contributed by atoms with Crippen LogP contribution in [0, 0.1) is 46.3 Å². The van der Waals surface area contributed by atoms with Crippen LogP contribution in [0.5, 0.6) is 0 Å². The Balaban J connectivity index is 1.39. The number of aliphatic carboxylic acids is 1. The van der Waals surface area contributed by atoms with E-state index in [1.54, 1.807) is 0 Å². The molecule has 0 bridgehead atoms. The van der Waals surface area contributed by atoms with Crippen molar-refractivity contribution in [3.05, 3.63) is 0 Å². The highest BCUT2D eigenvalue weighted by Gasteiger charge is 2.60. The largest absolute Gasteiger partial charge is 0.480 e. The minimum absolute atomic E-state index is 0.178. The molecule has 4 rings (SSSR count). The number of amides is 1. The predicted octanol–water partition coefficient (Wildman–Crippen LogP) is 4.45. The van der Waals surface area contributed by atoms with Gasteiger partial charge in [0.15, 0.2) is 0 Å². The van der Waals surface area contributed by atoms with E-state index in [1.807, 2.05) is 0 Å². The van der Waals surface area contributed by atoms with E-state index in [2.05, 4.69) is 26.1 Å². The first kappa shape index (κ1) is 26.9. The van der Waals surface area contributed by atoms with E-state index >= 15 is 0 Å². The third-order valence-electron chi connectivity index (χ3n) is 10.9. The van der Waals surface area contributed by atoms with Crippen LogP contribution in [-0.4, -0.2) is 42.6 Å². The summed E-state index contributed by atoms with van der Waals surface area (Å²) in [5, 5.41) is 11.2. The lowest BCUT2D eigenvalue weighted by Gasteiger charge is -2.61. The van der Waals surface area contributed by atoms with Gasteiger partial charge < -0.3 is 10.4 Å². The lowest BCUT2D eigenvalue weighted by molar-refractivity contribution is -0.138. The summed E-state index contributed by atoms with van der Waals surface area (Å²) >= 11 is 0. The van der Waals surface area contributed by atoms with Crippen LogP contribution in [0.1, 0.15) is 91.4 Å². The zero-order valence-corrected chi connectivity index (χ0v) is 22.2. The minimum atomic E-state index is -4.41. The average Bonchev–Trinajstić information content (AvgIpc) is 3.12. The van der Waals surface area contributed by atoms with Gasteiger partial charge in [0, 0.05) is 6.42 Å². The molecule has 1 unspecified atom stereocenters. The Morgan fingerprint density at radius 3 is 2.40 bits per heavy atom. The van der Waals surface area contributed by atoms with Crippen LogP contribution < -0.4 is 5.32 Å². The van der Waals surface area contributed by atoms with Gasteiger partial charge in [0.2, 0.25) is 5.91 Å². The van der Waals surface area contributed by atoms with E-state index in [1.165, 1.54) is 32.1 Å². The summed E-state index contributed by atoms with van der Waals surface area (Å²) < 4.78 is 36.6. The van der Waals surface area contributed by atoms with Gasteiger partial charge >= 0.3 is 16.4 Å². The molecule has 0 aromatic rings.